The molecule has 0 aromatic carbocycles. The van der Waals surface area contributed by atoms with Crippen LogP contribution in [0.4, 0.5) is 0 Å². The first kappa shape index (κ1) is 16.9. The van der Waals surface area contributed by atoms with E-state index in [-0.39, 0.29) is 12.4 Å². The van der Waals surface area contributed by atoms with Crippen molar-refractivity contribution in [3.8, 4) is 0 Å². The first-order chi connectivity index (χ1) is 9.37. The highest BCUT2D eigenvalue weighted by atomic mass is 32.2. The van der Waals surface area contributed by atoms with Crippen molar-refractivity contribution in [1.29, 1.82) is 0 Å². The van der Waals surface area contributed by atoms with Crippen LogP contribution in [0.3, 0.4) is 0 Å². The molecule has 1 aliphatic heterocycles. The van der Waals surface area contributed by atoms with Crippen molar-refractivity contribution < 1.29 is 27.9 Å². The minimum absolute atomic E-state index is 0.0570. The third kappa shape index (κ3) is 5.06. The van der Waals surface area contributed by atoms with Crippen molar-refractivity contribution in [3.05, 3.63) is 0 Å². The molecule has 0 aromatic heterocycles. The third-order valence-corrected chi connectivity index (χ3v) is 4.29. The topological polar surface area (TPSA) is 113 Å². The summed E-state index contributed by atoms with van der Waals surface area (Å²) in [5.74, 6) is -1.80. The van der Waals surface area contributed by atoms with Crippen molar-refractivity contribution >= 4 is 21.9 Å². The van der Waals surface area contributed by atoms with Gasteiger partial charge in [0.25, 0.3) is 0 Å². The van der Waals surface area contributed by atoms with Crippen molar-refractivity contribution in [2.75, 3.05) is 32.1 Å². The van der Waals surface area contributed by atoms with E-state index in [4.69, 9.17) is 9.84 Å². The SMILES string of the molecule is CCOCCS(=O)(=O)NCC(=O)N1CCC[C@H]1C(=O)O. The Hall–Kier alpha value is -1.19. The van der Waals surface area contributed by atoms with Gasteiger partial charge < -0.3 is 14.7 Å². The summed E-state index contributed by atoms with van der Waals surface area (Å²) < 4.78 is 30.2. The standard InChI is InChI=1S/C11H20N2O6S/c1-2-19-6-7-20(17,18)12-8-10(14)13-5-3-4-9(13)11(15)16/h9,12H,2-8H2,1H3,(H,15,16)/t9-/m0/s1. The lowest BCUT2D eigenvalue weighted by Crippen LogP contribution is -2.45. The number of carbonyl (C=O) groups excluding carboxylic acids is 1. The van der Waals surface area contributed by atoms with E-state index in [1.165, 1.54) is 4.90 Å². The van der Waals surface area contributed by atoms with Gasteiger partial charge in [0.05, 0.1) is 18.9 Å². The normalized spacial score (nSPS) is 19.2. The van der Waals surface area contributed by atoms with Crippen LogP contribution in [-0.4, -0.2) is 68.4 Å². The van der Waals surface area contributed by atoms with E-state index in [1.54, 1.807) is 6.92 Å². The molecule has 0 saturated carbocycles. The fourth-order valence-corrected chi connectivity index (χ4v) is 2.81. The molecule has 1 fully saturated rings. The predicted molar refractivity (Wildman–Crippen MR) is 70.7 cm³/mol. The maximum atomic E-state index is 11.8. The van der Waals surface area contributed by atoms with Crippen molar-refractivity contribution in [3.63, 3.8) is 0 Å². The van der Waals surface area contributed by atoms with Crippen LogP contribution in [0, 0.1) is 0 Å². The Morgan fingerprint density at radius 1 is 1.45 bits per heavy atom. The number of rotatable bonds is 8. The number of likely N-dealkylation sites (tertiary alicyclic amines) is 1. The second-order valence-corrected chi connectivity index (χ2v) is 6.35. The summed E-state index contributed by atoms with van der Waals surface area (Å²) in [4.78, 5) is 24.0. The molecule has 1 saturated heterocycles. The van der Waals surface area contributed by atoms with Gasteiger partial charge in [0.15, 0.2) is 0 Å². The summed E-state index contributed by atoms with van der Waals surface area (Å²) in [6, 6.07) is -0.851. The van der Waals surface area contributed by atoms with E-state index >= 15 is 0 Å². The fraction of sp³-hybridized carbons (Fsp3) is 0.818. The summed E-state index contributed by atoms with van der Waals surface area (Å²) in [7, 11) is -3.59. The highest BCUT2D eigenvalue weighted by Crippen LogP contribution is 2.17. The molecule has 0 bridgehead atoms. The molecular formula is C11H20N2O6S. The monoisotopic (exact) mass is 308 g/mol. The van der Waals surface area contributed by atoms with E-state index in [0.717, 1.165) is 0 Å². The molecule has 0 aromatic rings. The predicted octanol–water partition coefficient (Wildman–Crippen LogP) is -0.982. The highest BCUT2D eigenvalue weighted by molar-refractivity contribution is 7.89. The van der Waals surface area contributed by atoms with Crippen molar-refractivity contribution in [2.45, 2.75) is 25.8 Å². The van der Waals surface area contributed by atoms with Crippen LogP contribution >= 0.6 is 0 Å². The number of carbonyl (C=O) groups is 2. The molecule has 0 aliphatic carbocycles. The number of carboxylic acids is 1. The van der Waals surface area contributed by atoms with Gasteiger partial charge in [-0.25, -0.2) is 17.9 Å². The molecule has 20 heavy (non-hydrogen) atoms. The summed E-state index contributed by atoms with van der Waals surface area (Å²) >= 11 is 0. The van der Waals surface area contributed by atoms with Gasteiger partial charge in [0, 0.05) is 13.2 Å². The van der Waals surface area contributed by atoms with E-state index in [9.17, 15) is 18.0 Å². The zero-order valence-electron chi connectivity index (χ0n) is 11.4. The molecular weight excluding hydrogens is 288 g/mol. The van der Waals surface area contributed by atoms with E-state index in [2.05, 4.69) is 4.72 Å². The molecule has 0 spiro atoms. The van der Waals surface area contributed by atoms with Crippen LogP contribution in [0.25, 0.3) is 0 Å². The molecule has 8 nitrogen and oxygen atoms in total. The number of sulfonamides is 1. The number of amides is 1. The van der Waals surface area contributed by atoms with Crippen molar-refractivity contribution in [1.82, 2.24) is 9.62 Å². The van der Waals surface area contributed by atoms with Crippen LogP contribution in [0.15, 0.2) is 0 Å². The van der Waals surface area contributed by atoms with Gasteiger partial charge >= 0.3 is 5.97 Å². The van der Waals surface area contributed by atoms with Crippen LogP contribution in [0.1, 0.15) is 19.8 Å². The van der Waals surface area contributed by atoms with Gasteiger partial charge in [-0.1, -0.05) is 0 Å². The molecule has 9 heteroatoms. The number of nitrogens with one attached hydrogen (secondary N) is 1. The summed E-state index contributed by atoms with van der Waals surface area (Å²) in [5.41, 5.74) is 0. The van der Waals surface area contributed by atoms with Crippen LogP contribution in [0.5, 0.6) is 0 Å². The van der Waals surface area contributed by atoms with Gasteiger partial charge in [-0.2, -0.15) is 0 Å². The molecule has 1 amide bonds. The zero-order chi connectivity index (χ0) is 15.2. The molecule has 1 rings (SSSR count). The fourth-order valence-electron chi connectivity index (χ4n) is 1.98. The molecule has 1 heterocycles. The Labute approximate surface area is 118 Å². The number of hydrogen-bond acceptors (Lipinski definition) is 5. The average molecular weight is 308 g/mol. The van der Waals surface area contributed by atoms with Gasteiger partial charge in [-0.15, -0.1) is 0 Å². The van der Waals surface area contributed by atoms with Crippen molar-refractivity contribution in [2.24, 2.45) is 0 Å². The van der Waals surface area contributed by atoms with Gasteiger partial charge in [-0.3, -0.25) is 4.79 Å². The second kappa shape index (κ2) is 7.55. The second-order valence-electron chi connectivity index (χ2n) is 4.42. The van der Waals surface area contributed by atoms with Gasteiger partial charge in [0.1, 0.15) is 6.04 Å². The number of aliphatic carboxylic acids is 1. The number of ether oxygens (including phenoxy) is 1. The molecule has 0 radical (unpaired) electrons. The number of nitrogens with zero attached hydrogens (tertiary/aromatic N) is 1. The van der Waals surface area contributed by atoms with Crippen LogP contribution in [-0.2, 0) is 24.3 Å². The lowest BCUT2D eigenvalue weighted by molar-refractivity contribution is -0.147. The summed E-state index contributed by atoms with van der Waals surface area (Å²) in [5, 5.41) is 8.95. The van der Waals surface area contributed by atoms with E-state index in [1.807, 2.05) is 0 Å². The number of carboxylic acid groups (broad SMARTS) is 1. The lowest BCUT2D eigenvalue weighted by atomic mass is 10.2. The first-order valence-electron chi connectivity index (χ1n) is 6.44. The largest absolute Gasteiger partial charge is 0.480 e. The minimum atomic E-state index is -3.59. The highest BCUT2D eigenvalue weighted by Gasteiger charge is 2.33. The Bertz CT molecular complexity index is 450. The smallest absolute Gasteiger partial charge is 0.326 e. The minimum Gasteiger partial charge on any atom is -0.480 e. The Balaban J connectivity index is 2.44. The molecule has 2 N–H and O–H groups in total. The maximum absolute atomic E-state index is 11.8. The summed E-state index contributed by atoms with van der Waals surface area (Å²) in [6.45, 7) is 2.15. The maximum Gasteiger partial charge on any atom is 0.326 e. The summed E-state index contributed by atoms with van der Waals surface area (Å²) in [6.07, 6.45) is 1.01. The molecule has 0 unspecified atom stereocenters. The van der Waals surface area contributed by atoms with Gasteiger partial charge in [0.2, 0.25) is 15.9 Å². The quantitative estimate of drug-likeness (QED) is 0.557. The van der Waals surface area contributed by atoms with E-state index in [0.29, 0.717) is 26.0 Å². The first-order valence-corrected chi connectivity index (χ1v) is 8.10. The average Bonchev–Trinajstić information content (AvgIpc) is 2.85. The Morgan fingerprint density at radius 2 is 2.15 bits per heavy atom. The van der Waals surface area contributed by atoms with Crippen LogP contribution in [0.2, 0.25) is 0 Å². The Morgan fingerprint density at radius 3 is 2.75 bits per heavy atom. The van der Waals surface area contributed by atoms with Gasteiger partial charge in [-0.05, 0) is 19.8 Å². The molecule has 116 valence electrons. The zero-order valence-corrected chi connectivity index (χ0v) is 12.2. The number of hydrogen-bond donors (Lipinski definition) is 2. The lowest BCUT2D eigenvalue weighted by Gasteiger charge is -2.21. The van der Waals surface area contributed by atoms with E-state index < -0.39 is 34.5 Å². The Kier molecular flexibility index (Phi) is 6.37. The molecule has 1 atom stereocenters. The third-order valence-electron chi connectivity index (χ3n) is 3.00. The van der Waals surface area contributed by atoms with Crippen LogP contribution < -0.4 is 4.72 Å². The molecule has 1 aliphatic rings.